The summed E-state index contributed by atoms with van der Waals surface area (Å²) in [7, 11) is 0.707. The molecule has 0 aromatic heterocycles. The Morgan fingerprint density at radius 2 is 1.93 bits per heavy atom. The summed E-state index contributed by atoms with van der Waals surface area (Å²) >= 11 is 0. The Hall–Kier alpha value is -0.603. The van der Waals surface area contributed by atoms with Crippen LogP contribution in [-0.4, -0.2) is 16.4 Å². The third-order valence-corrected chi connectivity index (χ3v) is 3.26. The molecule has 2 radical (unpaired) electrons. The Labute approximate surface area is 95.8 Å². The van der Waals surface area contributed by atoms with Gasteiger partial charge in [0.25, 0.3) is 0 Å². The van der Waals surface area contributed by atoms with E-state index in [0.29, 0.717) is 9.76 Å². The van der Waals surface area contributed by atoms with E-state index in [1.807, 2.05) is 0 Å². The van der Waals surface area contributed by atoms with Crippen molar-refractivity contribution in [3.8, 4) is 0 Å². The van der Waals surface area contributed by atoms with Gasteiger partial charge in [-0.25, -0.2) is 0 Å². The first kappa shape index (κ1) is 12.5. The monoisotopic (exact) mass is 220 g/mol. The second kappa shape index (κ2) is 8.68. The van der Waals surface area contributed by atoms with Gasteiger partial charge in [-0.3, -0.25) is 0 Å². The highest BCUT2D eigenvalue weighted by atomic mass is 28.2. The Kier molecular flexibility index (Phi) is 7.22. The van der Waals surface area contributed by atoms with Crippen LogP contribution in [0.4, 0.5) is 0 Å². The molecule has 1 nitrogen and oxygen atoms in total. The first-order valence-corrected chi connectivity index (χ1v) is 6.93. The number of hydrogen-bond donors (Lipinski definition) is 0. The molecule has 15 heavy (non-hydrogen) atoms. The van der Waals surface area contributed by atoms with Crippen LogP contribution in [0.3, 0.4) is 0 Å². The maximum atomic E-state index is 5.59. The van der Waals surface area contributed by atoms with Crippen LogP contribution in [-0.2, 0) is 10.8 Å². The second-order valence-electron chi connectivity index (χ2n) is 3.69. The Morgan fingerprint density at radius 3 is 2.67 bits per heavy atom. The molecule has 0 aliphatic rings. The van der Waals surface area contributed by atoms with Crippen LogP contribution >= 0.6 is 0 Å². The minimum Gasteiger partial charge on any atom is -0.417 e. The van der Waals surface area contributed by atoms with Crippen molar-refractivity contribution in [2.24, 2.45) is 0 Å². The number of aryl methyl sites for hydroxylation is 1. The van der Waals surface area contributed by atoms with Crippen molar-refractivity contribution in [1.82, 2.24) is 0 Å². The standard InChI is InChI=1S/C13H20OSi/c1-2-3-12-15-14-11-7-10-13-8-5-4-6-9-13/h4-6,8-9H,2-3,7,10-12H2,1H3. The molecule has 0 bridgehead atoms. The number of rotatable bonds is 8. The van der Waals surface area contributed by atoms with E-state index in [1.54, 1.807) is 0 Å². The maximum absolute atomic E-state index is 5.59. The van der Waals surface area contributed by atoms with Gasteiger partial charge < -0.3 is 4.43 Å². The summed E-state index contributed by atoms with van der Waals surface area (Å²) in [4.78, 5) is 0. The fourth-order valence-corrected chi connectivity index (χ4v) is 2.32. The average Bonchev–Trinajstić information content (AvgIpc) is 2.29. The van der Waals surface area contributed by atoms with Crippen molar-refractivity contribution in [3.05, 3.63) is 35.9 Å². The molecule has 0 spiro atoms. The van der Waals surface area contributed by atoms with Gasteiger partial charge in [0.05, 0.1) is 0 Å². The van der Waals surface area contributed by atoms with Gasteiger partial charge in [0.1, 0.15) is 0 Å². The van der Waals surface area contributed by atoms with E-state index in [0.717, 1.165) is 19.4 Å². The van der Waals surface area contributed by atoms with Crippen molar-refractivity contribution >= 4 is 9.76 Å². The molecule has 0 N–H and O–H groups in total. The van der Waals surface area contributed by atoms with Gasteiger partial charge in [0.15, 0.2) is 0 Å². The molecule has 0 unspecified atom stereocenters. The zero-order valence-corrected chi connectivity index (χ0v) is 10.5. The molecular weight excluding hydrogens is 200 g/mol. The number of hydrogen-bond acceptors (Lipinski definition) is 1. The molecule has 82 valence electrons. The van der Waals surface area contributed by atoms with Crippen molar-refractivity contribution in [2.45, 2.75) is 38.7 Å². The van der Waals surface area contributed by atoms with E-state index >= 15 is 0 Å². The van der Waals surface area contributed by atoms with Crippen LogP contribution in [0.1, 0.15) is 31.7 Å². The molecule has 0 heterocycles. The second-order valence-corrected chi connectivity index (χ2v) is 4.76. The van der Waals surface area contributed by atoms with Crippen LogP contribution in [0.5, 0.6) is 0 Å². The summed E-state index contributed by atoms with van der Waals surface area (Å²) in [5, 5.41) is 0. The van der Waals surface area contributed by atoms with Gasteiger partial charge in [0, 0.05) is 6.61 Å². The zero-order chi connectivity index (χ0) is 10.8. The quantitative estimate of drug-likeness (QED) is 0.481. The summed E-state index contributed by atoms with van der Waals surface area (Å²) in [5.41, 5.74) is 1.41. The molecule has 0 saturated heterocycles. The normalized spacial score (nSPS) is 10.5. The van der Waals surface area contributed by atoms with E-state index in [1.165, 1.54) is 24.4 Å². The van der Waals surface area contributed by atoms with Crippen LogP contribution in [0.15, 0.2) is 30.3 Å². The van der Waals surface area contributed by atoms with E-state index in [2.05, 4.69) is 37.3 Å². The minimum absolute atomic E-state index is 0.707. The van der Waals surface area contributed by atoms with Gasteiger partial charge in [0.2, 0.25) is 9.76 Å². The van der Waals surface area contributed by atoms with Gasteiger partial charge in [-0.2, -0.15) is 0 Å². The Balaban J connectivity index is 1.93. The minimum atomic E-state index is 0.707. The molecule has 1 aromatic rings. The summed E-state index contributed by atoms with van der Waals surface area (Å²) in [6, 6.07) is 11.9. The SMILES string of the molecule is CCCC[Si]OCCCc1ccccc1. The third kappa shape index (κ3) is 6.47. The molecule has 0 aliphatic heterocycles. The predicted octanol–water partition coefficient (Wildman–Crippen LogP) is 3.47. The van der Waals surface area contributed by atoms with Crippen LogP contribution < -0.4 is 0 Å². The number of benzene rings is 1. The maximum Gasteiger partial charge on any atom is 0.229 e. The Morgan fingerprint density at radius 1 is 1.13 bits per heavy atom. The third-order valence-electron chi connectivity index (χ3n) is 2.29. The molecule has 0 amide bonds. The van der Waals surface area contributed by atoms with E-state index in [-0.39, 0.29) is 0 Å². The van der Waals surface area contributed by atoms with Gasteiger partial charge in [-0.05, 0) is 24.4 Å². The molecule has 0 aliphatic carbocycles. The fourth-order valence-electron chi connectivity index (χ4n) is 1.39. The highest BCUT2D eigenvalue weighted by Crippen LogP contribution is 2.02. The summed E-state index contributed by atoms with van der Waals surface area (Å²) < 4.78 is 5.59. The predicted molar refractivity (Wildman–Crippen MR) is 66.2 cm³/mol. The molecule has 1 aromatic carbocycles. The lowest BCUT2D eigenvalue weighted by Crippen LogP contribution is -2.01. The lowest BCUT2D eigenvalue weighted by molar-refractivity contribution is 0.327. The topological polar surface area (TPSA) is 9.23 Å². The molecule has 1 rings (SSSR count). The first-order valence-electron chi connectivity index (χ1n) is 5.82. The Bertz CT molecular complexity index is 236. The first-order chi connectivity index (χ1) is 7.43. The van der Waals surface area contributed by atoms with Crippen molar-refractivity contribution in [2.75, 3.05) is 6.61 Å². The largest absolute Gasteiger partial charge is 0.417 e. The number of unbranched alkanes of at least 4 members (excludes halogenated alkanes) is 1. The van der Waals surface area contributed by atoms with Crippen molar-refractivity contribution < 1.29 is 4.43 Å². The lowest BCUT2D eigenvalue weighted by atomic mass is 10.1. The van der Waals surface area contributed by atoms with Gasteiger partial charge in [-0.1, -0.05) is 50.1 Å². The average molecular weight is 220 g/mol. The highest BCUT2D eigenvalue weighted by Gasteiger charge is 1.93. The molecule has 0 fully saturated rings. The molecular formula is C13H20OSi. The molecule has 0 atom stereocenters. The lowest BCUT2D eigenvalue weighted by Gasteiger charge is -2.02. The van der Waals surface area contributed by atoms with Gasteiger partial charge >= 0.3 is 0 Å². The van der Waals surface area contributed by atoms with E-state index < -0.39 is 0 Å². The summed E-state index contributed by atoms with van der Waals surface area (Å²) in [5.74, 6) is 0. The smallest absolute Gasteiger partial charge is 0.229 e. The van der Waals surface area contributed by atoms with Crippen LogP contribution in [0.2, 0.25) is 6.04 Å². The van der Waals surface area contributed by atoms with Crippen molar-refractivity contribution in [1.29, 1.82) is 0 Å². The van der Waals surface area contributed by atoms with Crippen LogP contribution in [0.25, 0.3) is 0 Å². The summed E-state index contributed by atoms with van der Waals surface area (Å²) in [6.45, 7) is 3.14. The highest BCUT2D eigenvalue weighted by molar-refractivity contribution is 6.26. The fraction of sp³-hybridized carbons (Fsp3) is 0.538. The van der Waals surface area contributed by atoms with E-state index in [4.69, 9.17) is 4.43 Å². The molecule has 2 heteroatoms. The zero-order valence-electron chi connectivity index (χ0n) is 9.54. The van der Waals surface area contributed by atoms with Crippen molar-refractivity contribution in [3.63, 3.8) is 0 Å². The van der Waals surface area contributed by atoms with E-state index in [9.17, 15) is 0 Å². The van der Waals surface area contributed by atoms with Crippen LogP contribution in [0, 0.1) is 0 Å². The summed E-state index contributed by atoms with van der Waals surface area (Å²) in [6.07, 6.45) is 4.86. The molecule has 0 saturated carbocycles. The van der Waals surface area contributed by atoms with Gasteiger partial charge in [-0.15, -0.1) is 0 Å².